The van der Waals surface area contributed by atoms with Gasteiger partial charge in [-0.1, -0.05) is 18.2 Å². The van der Waals surface area contributed by atoms with Crippen LogP contribution in [0.4, 0.5) is 5.69 Å². The van der Waals surface area contributed by atoms with Gasteiger partial charge < -0.3 is 5.11 Å². The third-order valence-electron chi connectivity index (χ3n) is 3.21. The summed E-state index contributed by atoms with van der Waals surface area (Å²) in [5.41, 5.74) is 2.75. The minimum atomic E-state index is 0.433. The molecule has 0 bridgehead atoms. The smallest absolute Gasteiger partial charge is 0.108 e. The number of allylic oxidation sites excluding steroid dienone is 1. The van der Waals surface area contributed by atoms with E-state index in [1.807, 2.05) is 24.3 Å². The van der Waals surface area contributed by atoms with Crippen LogP contribution in [0.25, 0.3) is 16.8 Å². The molecule has 3 nitrogen and oxygen atoms in total. The number of hydrogen-bond donors (Lipinski definition) is 1. The SMILES string of the molecule is O=Nc1ccc2c3c(ccc2c1)C=C(O)CC3. The zero-order valence-corrected chi connectivity index (χ0v) is 9.18. The average Bonchev–Trinajstić information content (AvgIpc) is 2.37. The molecule has 2 aromatic carbocycles. The van der Waals surface area contributed by atoms with Crippen LogP contribution in [0.15, 0.2) is 41.3 Å². The van der Waals surface area contributed by atoms with E-state index < -0.39 is 0 Å². The molecule has 2 aromatic rings. The first kappa shape index (κ1) is 10.0. The molecule has 0 saturated carbocycles. The minimum absolute atomic E-state index is 0.433. The van der Waals surface area contributed by atoms with Crippen molar-refractivity contribution in [1.29, 1.82) is 0 Å². The molecule has 17 heavy (non-hydrogen) atoms. The van der Waals surface area contributed by atoms with E-state index in [1.165, 1.54) is 5.56 Å². The van der Waals surface area contributed by atoms with Crippen LogP contribution in [-0.2, 0) is 6.42 Å². The van der Waals surface area contributed by atoms with Crippen LogP contribution in [0.1, 0.15) is 17.5 Å². The normalized spacial score (nSPS) is 14.2. The fourth-order valence-corrected chi connectivity index (χ4v) is 2.37. The summed E-state index contributed by atoms with van der Waals surface area (Å²) >= 11 is 0. The van der Waals surface area contributed by atoms with Gasteiger partial charge in [-0.15, -0.1) is 4.91 Å². The zero-order chi connectivity index (χ0) is 11.8. The predicted octanol–water partition coefficient (Wildman–Crippen LogP) is 4.08. The summed E-state index contributed by atoms with van der Waals surface area (Å²) in [5.74, 6) is 0.433. The van der Waals surface area contributed by atoms with Gasteiger partial charge in [0, 0.05) is 6.42 Å². The molecular weight excluding hydrogens is 214 g/mol. The fraction of sp³-hybridized carbons (Fsp3) is 0.143. The Balaban J connectivity index is 2.29. The van der Waals surface area contributed by atoms with Gasteiger partial charge in [0.15, 0.2) is 0 Å². The quantitative estimate of drug-likeness (QED) is 0.743. The lowest BCUT2D eigenvalue weighted by molar-refractivity contribution is 0.392. The lowest BCUT2D eigenvalue weighted by Crippen LogP contribution is -1.99. The average molecular weight is 225 g/mol. The first-order valence-electron chi connectivity index (χ1n) is 5.56. The minimum Gasteiger partial charge on any atom is -0.512 e. The summed E-state index contributed by atoms with van der Waals surface area (Å²) in [6.45, 7) is 0. The second kappa shape index (κ2) is 3.70. The Morgan fingerprint density at radius 1 is 1.12 bits per heavy atom. The molecule has 0 aromatic heterocycles. The molecule has 0 radical (unpaired) electrons. The third-order valence-corrected chi connectivity index (χ3v) is 3.21. The fourth-order valence-electron chi connectivity index (χ4n) is 2.37. The lowest BCUT2D eigenvalue weighted by Gasteiger charge is -2.15. The van der Waals surface area contributed by atoms with E-state index >= 15 is 0 Å². The first-order chi connectivity index (χ1) is 8.28. The van der Waals surface area contributed by atoms with Crippen molar-refractivity contribution < 1.29 is 5.11 Å². The molecule has 0 aliphatic heterocycles. The molecule has 0 saturated heterocycles. The van der Waals surface area contributed by atoms with Crippen LogP contribution in [0, 0.1) is 4.91 Å². The second-order valence-corrected chi connectivity index (χ2v) is 4.27. The van der Waals surface area contributed by atoms with Gasteiger partial charge in [0.1, 0.15) is 5.69 Å². The molecule has 0 unspecified atom stereocenters. The molecule has 84 valence electrons. The lowest BCUT2D eigenvalue weighted by atomic mass is 9.91. The third kappa shape index (κ3) is 1.60. The van der Waals surface area contributed by atoms with Gasteiger partial charge in [0.25, 0.3) is 0 Å². The Labute approximate surface area is 98.4 Å². The highest BCUT2D eigenvalue weighted by molar-refractivity contribution is 5.91. The van der Waals surface area contributed by atoms with Crippen molar-refractivity contribution >= 4 is 22.5 Å². The number of aliphatic hydroxyl groups is 1. The highest BCUT2D eigenvalue weighted by Crippen LogP contribution is 2.31. The van der Waals surface area contributed by atoms with Crippen molar-refractivity contribution in [2.75, 3.05) is 0 Å². The summed E-state index contributed by atoms with van der Waals surface area (Å²) in [4.78, 5) is 10.5. The van der Waals surface area contributed by atoms with E-state index in [1.54, 1.807) is 12.1 Å². The van der Waals surface area contributed by atoms with Crippen molar-refractivity contribution in [1.82, 2.24) is 0 Å². The summed E-state index contributed by atoms with van der Waals surface area (Å²) in [7, 11) is 0. The number of aliphatic hydroxyl groups excluding tert-OH is 1. The van der Waals surface area contributed by atoms with E-state index in [-0.39, 0.29) is 0 Å². The number of nitroso groups, excluding NO2 is 1. The van der Waals surface area contributed by atoms with E-state index in [0.717, 1.165) is 22.8 Å². The van der Waals surface area contributed by atoms with Gasteiger partial charge in [0.2, 0.25) is 0 Å². The molecule has 1 aliphatic carbocycles. The maximum absolute atomic E-state index is 10.5. The molecule has 1 N–H and O–H groups in total. The Kier molecular flexibility index (Phi) is 2.18. The molecule has 3 rings (SSSR count). The van der Waals surface area contributed by atoms with Crippen molar-refractivity contribution in [2.45, 2.75) is 12.8 Å². The number of rotatable bonds is 1. The summed E-state index contributed by atoms with van der Waals surface area (Å²) in [5, 5.41) is 14.6. The highest BCUT2D eigenvalue weighted by atomic mass is 16.3. The van der Waals surface area contributed by atoms with Crippen LogP contribution in [0.3, 0.4) is 0 Å². The first-order valence-corrected chi connectivity index (χ1v) is 5.56. The molecule has 0 atom stereocenters. The van der Waals surface area contributed by atoms with Gasteiger partial charge in [0.05, 0.1) is 5.76 Å². The van der Waals surface area contributed by atoms with Gasteiger partial charge in [-0.05, 0) is 51.7 Å². The summed E-state index contributed by atoms with van der Waals surface area (Å²) in [6.07, 6.45) is 3.33. The Morgan fingerprint density at radius 3 is 2.82 bits per heavy atom. The number of aryl methyl sites for hydroxylation is 1. The standard InChI is InChI=1S/C14H11NO2/c16-12-4-6-14-10(8-12)2-1-9-7-11(15-17)3-5-13(9)14/h1-3,5,7-8,16H,4,6H2. The Bertz CT molecular complexity index is 644. The molecular formula is C14H11NO2. The van der Waals surface area contributed by atoms with Crippen molar-refractivity contribution in [3.63, 3.8) is 0 Å². The van der Waals surface area contributed by atoms with Crippen LogP contribution < -0.4 is 0 Å². The van der Waals surface area contributed by atoms with Crippen molar-refractivity contribution in [3.05, 3.63) is 52.1 Å². The second-order valence-electron chi connectivity index (χ2n) is 4.27. The van der Waals surface area contributed by atoms with Gasteiger partial charge in [-0.25, -0.2) is 0 Å². The molecule has 0 spiro atoms. The number of hydrogen-bond acceptors (Lipinski definition) is 3. The van der Waals surface area contributed by atoms with Crippen molar-refractivity contribution in [2.24, 2.45) is 5.18 Å². The van der Waals surface area contributed by atoms with E-state index in [2.05, 4.69) is 5.18 Å². The molecule has 0 fully saturated rings. The Hall–Kier alpha value is -2.16. The Morgan fingerprint density at radius 2 is 2.00 bits per heavy atom. The van der Waals surface area contributed by atoms with Crippen LogP contribution in [0.2, 0.25) is 0 Å². The van der Waals surface area contributed by atoms with Crippen LogP contribution in [-0.4, -0.2) is 5.11 Å². The molecule has 0 heterocycles. The molecule has 1 aliphatic rings. The molecule has 3 heteroatoms. The van der Waals surface area contributed by atoms with E-state index in [4.69, 9.17) is 0 Å². The van der Waals surface area contributed by atoms with Gasteiger partial charge in [-0.3, -0.25) is 0 Å². The maximum Gasteiger partial charge on any atom is 0.108 e. The predicted molar refractivity (Wildman–Crippen MR) is 68.3 cm³/mol. The number of benzene rings is 2. The van der Waals surface area contributed by atoms with Crippen LogP contribution >= 0.6 is 0 Å². The maximum atomic E-state index is 10.5. The van der Waals surface area contributed by atoms with Gasteiger partial charge in [-0.2, -0.15) is 0 Å². The van der Waals surface area contributed by atoms with E-state index in [0.29, 0.717) is 17.9 Å². The summed E-state index contributed by atoms with van der Waals surface area (Å²) < 4.78 is 0. The zero-order valence-electron chi connectivity index (χ0n) is 9.18. The number of nitrogens with zero attached hydrogens (tertiary/aromatic N) is 1. The van der Waals surface area contributed by atoms with Crippen LogP contribution in [0.5, 0.6) is 0 Å². The monoisotopic (exact) mass is 225 g/mol. The number of fused-ring (bicyclic) bond motifs is 3. The summed E-state index contributed by atoms with van der Waals surface area (Å²) in [6, 6.07) is 9.38. The largest absolute Gasteiger partial charge is 0.512 e. The van der Waals surface area contributed by atoms with Crippen molar-refractivity contribution in [3.8, 4) is 0 Å². The van der Waals surface area contributed by atoms with Gasteiger partial charge >= 0.3 is 0 Å². The van der Waals surface area contributed by atoms with E-state index in [9.17, 15) is 10.0 Å². The molecule has 0 amide bonds. The highest BCUT2D eigenvalue weighted by Gasteiger charge is 2.12. The topological polar surface area (TPSA) is 49.7 Å².